The fraction of sp³-hybridized carbons (Fsp3) is 0.350. The van der Waals surface area contributed by atoms with Crippen LogP contribution in [-0.2, 0) is 22.7 Å². The van der Waals surface area contributed by atoms with Gasteiger partial charge in [0, 0.05) is 31.1 Å². The SMILES string of the molecule is Cl.O=C(CN1C(=O)C2CN(Cc3ccccc3)CCN2C1=O)NCc1cccs1. The summed E-state index contributed by atoms with van der Waals surface area (Å²) >= 11 is 1.55. The Hall–Kier alpha value is -2.42. The number of carbonyl (C=O) groups excluding carboxylic acids is 3. The Balaban J connectivity index is 0.00000240. The van der Waals surface area contributed by atoms with Gasteiger partial charge in [-0.2, -0.15) is 0 Å². The maximum absolute atomic E-state index is 12.8. The highest BCUT2D eigenvalue weighted by Gasteiger charge is 2.47. The third-order valence-electron chi connectivity index (χ3n) is 5.08. The smallest absolute Gasteiger partial charge is 0.328 e. The van der Waals surface area contributed by atoms with E-state index in [-0.39, 0.29) is 36.8 Å². The Labute approximate surface area is 179 Å². The molecule has 0 bridgehead atoms. The summed E-state index contributed by atoms with van der Waals surface area (Å²) in [5.74, 6) is -0.606. The molecule has 2 aliphatic heterocycles. The minimum atomic E-state index is -0.505. The molecule has 2 aliphatic rings. The van der Waals surface area contributed by atoms with Crippen molar-refractivity contribution in [3.8, 4) is 0 Å². The second-order valence-corrected chi connectivity index (χ2v) is 8.03. The molecule has 1 aromatic heterocycles. The van der Waals surface area contributed by atoms with Gasteiger partial charge in [0.2, 0.25) is 5.91 Å². The Morgan fingerprint density at radius 3 is 2.62 bits per heavy atom. The Morgan fingerprint density at radius 2 is 1.90 bits per heavy atom. The van der Waals surface area contributed by atoms with Gasteiger partial charge in [-0.15, -0.1) is 23.7 Å². The van der Waals surface area contributed by atoms with Crippen LogP contribution in [0.25, 0.3) is 0 Å². The quantitative estimate of drug-likeness (QED) is 0.705. The maximum Gasteiger partial charge on any atom is 0.328 e. The van der Waals surface area contributed by atoms with Crippen molar-refractivity contribution in [1.29, 1.82) is 0 Å². The first-order valence-corrected chi connectivity index (χ1v) is 10.2. The number of imide groups is 1. The van der Waals surface area contributed by atoms with E-state index in [1.165, 1.54) is 5.56 Å². The molecule has 3 heterocycles. The minimum Gasteiger partial charge on any atom is -0.350 e. The number of amides is 4. The number of hydrogen-bond acceptors (Lipinski definition) is 5. The molecule has 2 saturated heterocycles. The molecule has 154 valence electrons. The minimum absolute atomic E-state index is 0. The number of carbonyl (C=O) groups is 3. The second-order valence-electron chi connectivity index (χ2n) is 6.99. The van der Waals surface area contributed by atoms with Gasteiger partial charge in [-0.25, -0.2) is 4.79 Å². The van der Waals surface area contributed by atoms with E-state index < -0.39 is 6.04 Å². The van der Waals surface area contributed by atoms with Crippen LogP contribution in [0, 0.1) is 0 Å². The molecule has 0 spiro atoms. The third-order valence-corrected chi connectivity index (χ3v) is 5.96. The fourth-order valence-electron chi connectivity index (χ4n) is 3.64. The van der Waals surface area contributed by atoms with Gasteiger partial charge in [0.15, 0.2) is 0 Å². The van der Waals surface area contributed by atoms with Gasteiger partial charge in [-0.3, -0.25) is 19.4 Å². The number of nitrogens with one attached hydrogen (secondary N) is 1. The number of benzene rings is 1. The zero-order valence-electron chi connectivity index (χ0n) is 15.8. The van der Waals surface area contributed by atoms with Crippen LogP contribution in [0.15, 0.2) is 47.8 Å². The molecule has 4 amide bonds. The van der Waals surface area contributed by atoms with Crippen molar-refractivity contribution in [2.24, 2.45) is 0 Å². The van der Waals surface area contributed by atoms with Gasteiger partial charge in [0.05, 0.1) is 6.54 Å². The molecule has 1 unspecified atom stereocenters. The predicted octanol–water partition coefficient (Wildman–Crippen LogP) is 1.93. The number of rotatable bonds is 6. The highest BCUT2D eigenvalue weighted by atomic mass is 35.5. The Bertz CT molecular complexity index is 862. The molecular weight excluding hydrogens is 412 g/mol. The number of piperazine rings is 1. The summed E-state index contributed by atoms with van der Waals surface area (Å²) in [4.78, 5) is 43.5. The highest BCUT2D eigenvalue weighted by Crippen LogP contribution is 2.23. The van der Waals surface area contributed by atoms with Crippen LogP contribution in [0.3, 0.4) is 0 Å². The molecular formula is C20H23ClN4O3S. The van der Waals surface area contributed by atoms with E-state index in [0.29, 0.717) is 26.2 Å². The van der Waals surface area contributed by atoms with Crippen molar-refractivity contribution in [2.75, 3.05) is 26.2 Å². The molecule has 1 atom stereocenters. The van der Waals surface area contributed by atoms with E-state index in [1.807, 2.05) is 35.7 Å². The molecule has 2 aromatic rings. The summed E-state index contributed by atoms with van der Waals surface area (Å²) < 4.78 is 0. The monoisotopic (exact) mass is 434 g/mol. The number of thiophene rings is 1. The Morgan fingerprint density at radius 1 is 1.10 bits per heavy atom. The zero-order chi connectivity index (χ0) is 19.5. The maximum atomic E-state index is 12.8. The van der Waals surface area contributed by atoms with E-state index in [1.54, 1.807) is 16.2 Å². The van der Waals surface area contributed by atoms with E-state index in [2.05, 4.69) is 22.3 Å². The predicted molar refractivity (Wildman–Crippen MR) is 113 cm³/mol. The van der Waals surface area contributed by atoms with E-state index in [0.717, 1.165) is 16.3 Å². The first-order valence-electron chi connectivity index (χ1n) is 9.29. The van der Waals surface area contributed by atoms with Crippen molar-refractivity contribution >= 4 is 41.6 Å². The van der Waals surface area contributed by atoms with Gasteiger partial charge in [-0.1, -0.05) is 36.4 Å². The summed E-state index contributed by atoms with van der Waals surface area (Å²) in [6, 6.07) is 13.0. The first kappa shape index (κ1) is 21.3. The van der Waals surface area contributed by atoms with Crippen molar-refractivity contribution in [1.82, 2.24) is 20.0 Å². The molecule has 29 heavy (non-hydrogen) atoms. The fourth-order valence-corrected chi connectivity index (χ4v) is 4.28. The summed E-state index contributed by atoms with van der Waals surface area (Å²) in [5.41, 5.74) is 1.18. The lowest BCUT2D eigenvalue weighted by Gasteiger charge is -2.35. The second kappa shape index (κ2) is 9.39. The summed E-state index contributed by atoms with van der Waals surface area (Å²) in [5, 5.41) is 4.71. The summed E-state index contributed by atoms with van der Waals surface area (Å²) in [6.45, 7) is 2.62. The van der Waals surface area contributed by atoms with Crippen molar-refractivity contribution in [3.63, 3.8) is 0 Å². The molecule has 2 fully saturated rings. The van der Waals surface area contributed by atoms with Gasteiger partial charge in [0.25, 0.3) is 5.91 Å². The largest absolute Gasteiger partial charge is 0.350 e. The van der Waals surface area contributed by atoms with Gasteiger partial charge < -0.3 is 10.2 Å². The van der Waals surface area contributed by atoms with Crippen molar-refractivity contribution in [3.05, 3.63) is 58.3 Å². The number of urea groups is 1. The van der Waals surface area contributed by atoms with E-state index in [9.17, 15) is 14.4 Å². The summed E-state index contributed by atoms with van der Waals surface area (Å²) in [6.07, 6.45) is 0. The molecule has 1 N–H and O–H groups in total. The summed E-state index contributed by atoms with van der Waals surface area (Å²) in [7, 11) is 0. The zero-order valence-corrected chi connectivity index (χ0v) is 17.5. The highest BCUT2D eigenvalue weighted by molar-refractivity contribution is 7.09. The van der Waals surface area contributed by atoms with Gasteiger partial charge in [0.1, 0.15) is 12.6 Å². The lowest BCUT2D eigenvalue weighted by molar-refractivity contribution is -0.133. The van der Waals surface area contributed by atoms with Crippen LogP contribution in [0.4, 0.5) is 4.79 Å². The van der Waals surface area contributed by atoms with Crippen molar-refractivity contribution in [2.45, 2.75) is 19.1 Å². The van der Waals surface area contributed by atoms with Crippen molar-refractivity contribution < 1.29 is 14.4 Å². The lowest BCUT2D eigenvalue weighted by atomic mass is 10.1. The van der Waals surface area contributed by atoms with Crippen LogP contribution in [0.1, 0.15) is 10.4 Å². The molecule has 0 saturated carbocycles. The molecule has 7 nitrogen and oxygen atoms in total. The molecule has 4 rings (SSSR count). The third kappa shape index (κ3) is 4.77. The van der Waals surface area contributed by atoms with Crippen LogP contribution in [0.5, 0.6) is 0 Å². The standard InChI is InChI=1S/C20H22N4O3S.ClH/c25-18(21-11-16-7-4-10-28-16)14-24-19(26)17-13-22(8-9-23(17)20(24)27)12-15-5-2-1-3-6-15;/h1-7,10,17H,8-9,11-14H2,(H,21,25);1H. The molecule has 0 aliphatic carbocycles. The Kier molecular flexibility index (Phi) is 6.89. The van der Waals surface area contributed by atoms with Crippen LogP contribution in [0.2, 0.25) is 0 Å². The number of nitrogens with zero attached hydrogens (tertiary/aromatic N) is 3. The van der Waals surface area contributed by atoms with Crippen LogP contribution >= 0.6 is 23.7 Å². The molecule has 9 heteroatoms. The normalized spacial score (nSPS) is 19.1. The van der Waals surface area contributed by atoms with E-state index in [4.69, 9.17) is 0 Å². The average molecular weight is 435 g/mol. The van der Waals surface area contributed by atoms with Gasteiger partial charge >= 0.3 is 6.03 Å². The number of fused-ring (bicyclic) bond motifs is 1. The van der Waals surface area contributed by atoms with Crippen LogP contribution < -0.4 is 5.32 Å². The van der Waals surface area contributed by atoms with Gasteiger partial charge in [-0.05, 0) is 17.0 Å². The first-order chi connectivity index (χ1) is 13.6. The van der Waals surface area contributed by atoms with E-state index >= 15 is 0 Å². The number of halogens is 1. The average Bonchev–Trinajstić information content (AvgIpc) is 3.31. The molecule has 0 radical (unpaired) electrons. The molecule has 1 aromatic carbocycles. The lowest BCUT2D eigenvalue weighted by Crippen LogP contribution is -2.52. The van der Waals surface area contributed by atoms with Crippen LogP contribution in [-0.4, -0.2) is 64.8 Å². The topological polar surface area (TPSA) is 73.0 Å². The number of hydrogen-bond donors (Lipinski definition) is 1.